The second kappa shape index (κ2) is 6.30. The second-order valence-electron chi connectivity index (χ2n) is 4.99. The second-order valence-corrected chi connectivity index (χ2v) is 5.26. The lowest BCUT2D eigenvalue weighted by Gasteiger charge is -2.34. The minimum atomic E-state index is -0.0330. The van der Waals surface area contributed by atoms with Gasteiger partial charge >= 0.3 is 0 Å². The van der Waals surface area contributed by atoms with Crippen LogP contribution in [0, 0.1) is 0 Å². The quantitative estimate of drug-likeness (QED) is 0.742. The number of alkyl halides is 1. The number of nitrogens with zero attached hydrogens (tertiary/aromatic N) is 1. The van der Waals surface area contributed by atoms with Crippen LogP contribution in [0.1, 0.15) is 19.4 Å². The van der Waals surface area contributed by atoms with Crippen molar-refractivity contribution in [2.75, 3.05) is 27.1 Å². The standard InChI is InChI=1S/C14H22ClNO2/c1-14(2,10-15)16(3)9-11-6-7-12(17-4)13(8-11)18-5/h6-8H,9-10H2,1-5H3. The Kier molecular flexibility index (Phi) is 5.29. The van der Waals surface area contributed by atoms with Crippen LogP contribution >= 0.6 is 11.6 Å². The Morgan fingerprint density at radius 3 is 2.28 bits per heavy atom. The highest BCUT2D eigenvalue weighted by Crippen LogP contribution is 2.28. The summed E-state index contributed by atoms with van der Waals surface area (Å²) in [6.45, 7) is 5.07. The zero-order valence-corrected chi connectivity index (χ0v) is 12.5. The summed E-state index contributed by atoms with van der Waals surface area (Å²) < 4.78 is 10.5. The number of halogens is 1. The van der Waals surface area contributed by atoms with Crippen molar-refractivity contribution in [3.05, 3.63) is 23.8 Å². The predicted molar refractivity (Wildman–Crippen MR) is 75.8 cm³/mol. The Labute approximate surface area is 115 Å². The molecule has 0 heterocycles. The lowest BCUT2D eigenvalue weighted by Crippen LogP contribution is -2.42. The van der Waals surface area contributed by atoms with E-state index in [0.29, 0.717) is 5.88 Å². The molecule has 0 bridgehead atoms. The first-order chi connectivity index (χ1) is 8.44. The summed E-state index contributed by atoms with van der Waals surface area (Å²) in [5, 5.41) is 0. The van der Waals surface area contributed by atoms with Gasteiger partial charge in [0.15, 0.2) is 11.5 Å². The van der Waals surface area contributed by atoms with Crippen molar-refractivity contribution < 1.29 is 9.47 Å². The van der Waals surface area contributed by atoms with Crippen molar-refractivity contribution >= 4 is 11.6 Å². The SMILES string of the molecule is COc1ccc(CN(C)C(C)(C)CCl)cc1OC. The molecule has 0 atom stereocenters. The Balaban J connectivity index is 2.86. The maximum absolute atomic E-state index is 5.97. The monoisotopic (exact) mass is 271 g/mol. The van der Waals surface area contributed by atoms with Gasteiger partial charge in [0.05, 0.1) is 14.2 Å². The van der Waals surface area contributed by atoms with Crippen LogP contribution in [-0.4, -0.2) is 37.6 Å². The smallest absolute Gasteiger partial charge is 0.161 e. The van der Waals surface area contributed by atoms with E-state index < -0.39 is 0 Å². The molecule has 102 valence electrons. The third-order valence-electron chi connectivity index (χ3n) is 3.23. The average Bonchev–Trinajstić information content (AvgIpc) is 2.38. The maximum Gasteiger partial charge on any atom is 0.161 e. The topological polar surface area (TPSA) is 21.7 Å². The molecular weight excluding hydrogens is 250 g/mol. The summed E-state index contributed by atoms with van der Waals surface area (Å²) in [5.74, 6) is 2.10. The molecule has 1 rings (SSSR count). The van der Waals surface area contributed by atoms with Crippen LogP contribution in [0.5, 0.6) is 11.5 Å². The third-order valence-corrected chi connectivity index (χ3v) is 3.88. The van der Waals surface area contributed by atoms with Crippen molar-refractivity contribution in [2.24, 2.45) is 0 Å². The maximum atomic E-state index is 5.97. The van der Waals surface area contributed by atoms with E-state index in [1.807, 2.05) is 18.2 Å². The molecule has 0 saturated heterocycles. The van der Waals surface area contributed by atoms with Crippen molar-refractivity contribution in [3.63, 3.8) is 0 Å². The van der Waals surface area contributed by atoms with E-state index in [9.17, 15) is 0 Å². The van der Waals surface area contributed by atoms with Gasteiger partial charge in [-0.2, -0.15) is 0 Å². The molecule has 0 aliphatic carbocycles. The fraction of sp³-hybridized carbons (Fsp3) is 0.571. The first kappa shape index (κ1) is 15.1. The number of rotatable bonds is 6. The van der Waals surface area contributed by atoms with Crippen LogP contribution < -0.4 is 9.47 Å². The van der Waals surface area contributed by atoms with Gasteiger partial charge in [-0.3, -0.25) is 4.90 Å². The van der Waals surface area contributed by atoms with Gasteiger partial charge in [-0.05, 0) is 38.6 Å². The van der Waals surface area contributed by atoms with E-state index in [1.54, 1.807) is 14.2 Å². The van der Waals surface area contributed by atoms with Crippen molar-refractivity contribution in [1.29, 1.82) is 0 Å². The van der Waals surface area contributed by atoms with Gasteiger partial charge < -0.3 is 9.47 Å². The molecule has 1 aromatic rings. The largest absolute Gasteiger partial charge is 0.493 e. The highest BCUT2D eigenvalue weighted by atomic mass is 35.5. The predicted octanol–water partition coefficient (Wildman–Crippen LogP) is 3.15. The molecule has 0 N–H and O–H groups in total. The molecule has 0 saturated carbocycles. The molecule has 4 heteroatoms. The molecule has 18 heavy (non-hydrogen) atoms. The Morgan fingerprint density at radius 2 is 1.78 bits per heavy atom. The minimum Gasteiger partial charge on any atom is -0.493 e. The van der Waals surface area contributed by atoms with Crippen molar-refractivity contribution in [3.8, 4) is 11.5 Å². The Bertz CT molecular complexity index is 393. The van der Waals surface area contributed by atoms with Gasteiger partial charge in [0.1, 0.15) is 0 Å². The van der Waals surface area contributed by atoms with Crippen LogP contribution in [-0.2, 0) is 6.54 Å². The highest BCUT2D eigenvalue weighted by Gasteiger charge is 2.22. The van der Waals surface area contributed by atoms with Gasteiger partial charge in [-0.15, -0.1) is 11.6 Å². The first-order valence-corrected chi connectivity index (χ1v) is 6.46. The molecule has 0 amide bonds. The van der Waals surface area contributed by atoms with E-state index in [4.69, 9.17) is 21.1 Å². The average molecular weight is 272 g/mol. The number of benzene rings is 1. The molecule has 1 aromatic carbocycles. The normalized spacial score (nSPS) is 11.7. The van der Waals surface area contributed by atoms with Crippen LogP contribution in [0.25, 0.3) is 0 Å². The number of hydrogen-bond donors (Lipinski definition) is 0. The van der Waals surface area contributed by atoms with E-state index in [-0.39, 0.29) is 5.54 Å². The molecule has 0 aliphatic rings. The number of hydrogen-bond acceptors (Lipinski definition) is 3. The fourth-order valence-corrected chi connectivity index (χ4v) is 1.77. The molecule has 0 aliphatic heterocycles. The van der Waals surface area contributed by atoms with Gasteiger partial charge in [-0.25, -0.2) is 0 Å². The summed E-state index contributed by atoms with van der Waals surface area (Å²) in [5.41, 5.74) is 1.14. The Hall–Kier alpha value is -0.930. The van der Waals surface area contributed by atoms with Gasteiger partial charge in [0.25, 0.3) is 0 Å². The zero-order valence-electron chi connectivity index (χ0n) is 11.8. The first-order valence-electron chi connectivity index (χ1n) is 5.92. The van der Waals surface area contributed by atoms with Crippen LogP contribution in [0.2, 0.25) is 0 Å². The summed E-state index contributed by atoms with van der Waals surface area (Å²) >= 11 is 5.97. The summed E-state index contributed by atoms with van der Waals surface area (Å²) in [7, 11) is 5.35. The molecule has 0 aromatic heterocycles. The number of methoxy groups -OCH3 is 2. The van der Waals surface area contributed by atoms with Gasteiger partial charge in [0, 0.05) is 18.0 Å². The van der Waals surface area contributed by atoms with E-state index >= 15 is 0 Å². The van der Waals surface area contributed by atoms with Crippen molar-refractivity contribution in [1.82, 2.24) is 4.90 Å². The summed E-state index contributed by atoms with van der Waals surface area (Å²) in [6.07, 6.45) is 0. The van der Waals surface area contributed by atoms with Crippen LogP contribution in [0.3, 0.4) is 0 Å². The molecule has 0 radical (unpaired) electrons. The van der Waals surface area contributed by atoms with Gasteiger partial charge in [-0.1, -0.05) is 6.07 Å². The number of ether oxygens (including phenoxy) is 2. The molecular formula is C14H22ClNO2. The molecule has 0 spiro atoms. The highest BCUT2D eigenvalue weighted by molar-refractivity contribution is 6.18. The van der Waals surface area contributed by atoms with Crippen LogP contribution in [0.15, 0.2) is 18.2 Å². The van der Waals surface area contributed by atoms with E-state index in [0.717, 1.165) is 18.0 Å². The molecule has 0 unspecified atom stereocenters. The van der Waals surface area contributed by atoms with E-state index in [1.165, 1.54) is 5.56 Å². The fourth-order valence-electron chi connectivity index (χ4n) is 1.57. The van der Waals surface area contributed by atoms with Gasteiger partial charge in [0.2, 0.25) is 0 Å². The molecule has 3 nitrogen and oxygen atoms in total. The molecule has 0 fully saturated rings. The van der Waals surface area contributed by atoms with E-state index in [2.05, 4.69) is 25.8 Å². The minimum absolute atomic E-state index is 0.0330. The Morgan fingerprint density at radius 1 is 1.17 bits per heavy atom. The summed E-state index contributed by atoms with van der Waals surface area (Å²) in [6, 6.07) is 5.97. The third kappa shape index (κ3) is 3.53. The lowest BCUT2D eigenvalue weighted by molar-refractivity contribution is 0.170. The van der Waals surface area contributed by atoms with Crippen LogP contribution in [0.4, 0.5) is 0 Å². The van der Waals surface area contributed by atoms with Crippen molar-refractivity contribution in [2.45, 2.75) is 25.9 Å². The lowest BCUT2D eigenvalue weighted by atomic mass is 10.1. The zero-order chi connectivity index (χ0) is 13.8. The summed E-state index contributed by atoms with van der Waals surface area (Å²) in [4.78, 5) is 2.22.